The zero-order valence-electron chi connectivity index (χ0n) is 8.34. The molecule has 1 unspecified atom stereocenters. The first-order chi connectivity index (χ1) is 4.72. The fourth-order valence-corrected chi connectivity index (χ4v) is 0.953. The van der Waals surface area contributed by atoms with E-state index in [1.807, 2.05) is 6.92 Å². The molecule has 0 spiro atoms. The number of carboxylic acid groups (broad SMARTS) is 1. The molecule has 0 aliphatic rings. The molecule has 0 heterocycles. The molecule has 79 valence electrons. The third kappa shape index (κ3) is 11.9. The fraction of sp³-hybridized carbons (Fsp3) is 0.875. The monoisotopic (exact) mass is 207 g/mol. The summed E-state index contributed by atoms with van der Waals surface area (Å²) in [6.45, 7) is 4.00. The predicted octanol–water partition coefficient (Wildman–Crippen LogP) is 0.257. The standard InChI is InChI=1S/C8H16O2.Al.2H2O/c1-3-5-6-7(4-2)8(9)10;;;/h7H,3-6H2,1-2H3,(H,9,10);;2*1H2. The van der Waals surface area contributed by atoms with Crippen molar-refractivity contribution >= 4 is 23.3 Å². The van der Waals surface area contributed by atoms with Gasteiger partial charge in [0.15, 0.2) is 0 Å². The van der Waals surface area contributed by atoms with Crippen LogP contribution < -0.4 is 0 Å². The van der Waals surface area contributed by atoms with Crippen LogP contribution in [0, 0.1) is 5.92 Å². The van der Waals surface area contributed by atoms with Crippen molar-refractivity contribution in [2.45, 2.75) is 39.5 Å². The van der Waals surface area contributed by atoms with E-state index in [-0.39, 0.29) is 34.2 Å². The van der Waals surface area contributed by atoms with Gasteiger partial charge in [-0.3, -0.25) is 4.79 Å². The van der Waals surface area contributed by atoms with E-state index in [4.69, 9.17) is 5.11 Å². The first-order valence-electron chi connectivity index (χ1n) is 3.95. The van der Waals surface area contributed by atoms with E-state index >= 15 is 0 Å². The summed E-state index contributed by atoms with van der Waals surface area (Å²) < 4.78 is 0. The highest BCUT2D eigenvalue weighted by Gasteiger charge is 2.12. The second kappa shape index (κ2) is 14.4. The van der Waals surface area contributed by atoms with Gasteiger partial charge in [0.05, 0.1) is 5.92 Å². The van der Waals surface area contributed by atoms with E-state index in [1.54, 1.807) is 0 Å². The maximum atomic E-state index is 10.4. The molecular weight excluding hydrogens is 187 g/mol. The molecule has 3 radical (unpaired) electrons. The minimum absolute atomic E-state index is 0. The van der Waals surface area contributed by atoms with E-state index in [1.165, 1.54) is 0 Å². The molecule has 0 aliphatic carbocycles. The number of hydrogen-bond acceptors (Lipinski definition) is 1. The number of rotatable bonds is 5. The van der Waals surface area contributed by atoms with Crippen LogP contribution in [-0.2, 0) is 4.79 Å². The van der Waals surface area contributed by atoms with Crippen LogP contribution in [0.3, 0.4) is 0 Å². The molecule has 13 heavy (non-hydrogen) atoms. The van der Waals surface area contributed by atoms with Gasteiger partial charge in [0.2, 0.25) is 0 Å². The maximum absolute atomic E-state index is 10.4. The molecular formula is C8H20AlO4. The molecule has 0 aliphatic heterocycles. The zero-order chi connectivity index (χ0) is 7.98. The molecule has 5 N–H and O–H groups in total. The van der Waals surface area contributed by atoms with Crippen molar-refractivity contribution in [1.29, 1.82) is 0 Å². The van der Waals surface area contributed by atoms with Crippen molar-refractivity contribution in [3.05, 3.63) is 0 Å². The third-order valence-electron chi connectivity index (χ3n) is 1.75. The van der Waals surface area contributed by atoms with Crippen molar-refractivity contribution in [3.8, 4) is 0 Å². The quantitative estimate of drug-likeness (QED) is 0.653. The number of hydrogen-bond donors (Lipinski definition) is 1. The molecule has 0 saturated carbocycles. The average molecular weight is 207 g/mol. The first-order valence-corrected chi connectivity index (χ1v) is 3.95. The van der Waals surface area contributed by atoms with Crippen LogP contribution in [0.1, 0.15) is 39.5 Å². The van der Waals surface area contributed by atoms with Gasteiger partial charge in [-0.1, -0.05) is 26.7 Å². The Labute approximate surface area is 90.1 Å². The Bertz CT molecular complexity index is 108. The summed E-state index contributed by atoms with van der Waals surface area (Å²) in [4.78, 5) is 10.4. The van der Waals surface area contributed by atoms with Crippen LogP contribution in [0.15, 0.2) is 0 Å². The van der Waals surface area contributed by atoms with Crippen molar-refractivity contribution in [1.82, 2.24) is 0 Å². The number of aliphatic carboxylic acids is 1. The molecule has 5 heteroatoms. The molecule has 0 fully saturated rings. The van der Waals surface area contributed by atoms with Crippen molar-refractivity contribution < 1.29 is 20.9 Å². The minimum atomic E-state index is -0.643. The minimum Gasteiger partial charge on any atom is -0.481 e. The predicted molar refractivity (Wildman–Crippen MR) is 53.9 cm³/mol. The van der Waals surface area contributed by atoms with Gasteiger partial charge in [-0.25, -0.2) is 0 Å². The van der Waals surface area contributed by atoms with Gasteiger partial charge < -0.3 is 16.1 Å². The van der Waals surface area contributed by atoms with E-state index in [0.717, 1.165) is 25.7 Å². The van der Waals surface area contributed by atoms with Crippen LogP contribution in [0.5, 0.6) is 0 Å². The summed E-state index contributed by atoms with van der Waals surface area (Å²) in [5, 5.41) is 8.60. The topological polar surface area (TPSA) is 100 Å². The Balaban J connectivity index is -0.000000135. The molecule has 0 amide bonds. The number of unbranched alkanes of at least 4 members (excludes halogenated alkanes) is 1. The SMILES string of the molecule is CCCCC(CC)C(=O)O.O.O.[Al]. The van der Waals surface area contributed by atoms with E-state index in [9.17, 15) is 4.79 Å². The molecule has 0 aromatic heterocycles. The Hall–Kier alpha value is -0.0775. The first kappa shape index (κ1) is 23.1. The Morgan fingerprint density at radius 1 is 1.31 bits per heavy atom. The highest BCUT2D eigenvalue weighted by Crippen LogP contribution is 2.11. The average Bonchev–Trinajstić information content (AvgIpc) is 1.89. The highest BCUT2D eigenvalue weighted by molar-refractivity contribution is 5.75. The normalized spacial score (nSPS) is 10.0. The molecule has 0 rings (SSSR count). The third-order valence-corrected chi connectivity index (χ3v) is 1.75. The largest absolute Gasteiger partial charge is 0.481 e. The zero-order valence-corrected chi connectivity index (χ0v) is 9.49. The van der Waals surface area contributed by atoms with Gasteiger partial charge >= 0.3 is 5.97 Å². The summed E-state index contributed by atoms with van der Waals surface area (Å²) in [7, 11) is 0. The van der Waals surface area contributed by atoms with Gasteiger partial charge in [0.1, 0.15) is 0 Å². The van der Waals surface area contributed by atoms with Crippen molar-refractivity contribution in [2.24, 2.45) is 5.92 Å². The Kier molecular flexibility index (Phi) is 25.6. The highest BCUT2D eigenvalue weighted by atomic mass is 27.0. The molecule has 0 bridgehead atoms. The second-order valence-electron chi connectivity index (χ2n) is 2.59. The smallest absolute Gasteiger partial charge is 0.306 e. The van der Waals surface area contributed by atoms with E-state index in [0.29, 0.717) is 0 Å². The molecule has 0 aromatic rings. The number of carbonyl (C=O) groups is 1. The summed E-state index contributed by atoms with van der Waals surface area (Å²) >= 11 is 0. The van der Waals surface area contributed by atoms with Crippen LogP contribution in [0.2, 0.25) is 0 Å². The van der Waals surface area contributed by atoms with Gasteiger partial charge in [-0.05, 0) is 12.8 Å². The lowest BCUT2D eigenvalue weighted by atomic mass is 10.00. The molecule has 1 atom stereocenters. The van der Waals surface area contributed by atoms with Gasteiger partial charge in [-0.2, -0.15) is 0 Å². The fourth-order valence-electron chi connectivity index (χ4n) is 0.953. The second-order valence-corrected chi connectivity index (χ2v) is 2.59. The Morgan fingerprint density at radius 2 is 1.77 bits per heavy atom. The van der Waals surface area contributed by atoms with Gasteiger partial charge in [0, 0.05) is 17.4 Å². The van der Waals surface area contributed by atoms with Crippen LogP contribution in [-0.4, -0.2) is 39.4 Å². The van der Waals surface area contributed by atoms with Crippen LogP contribution in [0.25, 0.3) is 0 Å². The lowest BCUT2D eigenvalue weighted by Crippen LogP contribution is -2.11. The van der Waals surface area contributed by atoms with Crippen molar-refractivity contribution in [3.63, 3.8) is 0 Å². The summed E-state index contributed by atoms with van der Waals surface area (Å²) in [5.74, 6) is -0.754. The van der Waals surface area contributed by atoms with Crippen LogP contribution in [0.4, 0.5) is 0 Å². The van der Waals surface area contributed by atoms with Crippen LogP contribution >= 0.6 is 0 Å². The molecule has 4 nitrogen and oxygen atoms in total. The van der Waals surface area contributed by atoms with E-state index < -0.39 is 5.97 Å². The van der Waals surface area contributed by atoms with Gasteiger partial charge in [-0.15, -0.1) is 0 Å². The van der Waals surface area contributed by atoms with E-state index in [2.05, 4.69) is 6.92 Å². The van der Waals surface area contributed by atoms with Gasteiger partial charge in [0.25, 0.3) is 0 Å². The maximum Gasteiger partial charge on any atom is 0.306 e. The summed E-state index contributed by atoms with van der Waals surface area (Å²) in [5.41, 5.74) is 0. The lowest BCUT2D eigenvalue weighted by molar-refractivity contribution is -0.142. The Morgan fingerprint density at radius 3 is 2.00 bits per heavy atom. The lowest BCUT2D eigenvalue weighted by Gasteiger charge is -2.06. The molecule has 0 saturated heterocycles. The summed E-state index contributed by atoms with van der Waals surface area (Å²) in [6.07, 6.45) is 3.71. The number of carboxylic acids is 1. The van der Waals surface area contributed by atoms with Crippen molar-refractivity contribution in [2.75, 3.05) is 0 Å². The molecule has 0 aromatic carbocycles. The summed E-state index contributed by atoms with van der Waals surface area (Å²) in [6, 6.07) is 0.